The average molecular weight is 264 g/mol. The van der Waals surface area contributed by atoms with Gasteiger partial charge in [-0.25, -0.2) is 0 Å². The molecule has 1 fully saturated rings. The zero-order valence-corrected chi connectivity index (χ0v) is 11.9. The van der Waals surface area contributed by atoms with Gasteiger partial charge in [-0.15, -0.1) is 0 Å². The topological polar surface area (TPSA) is 35.9 Å². The Labute approximate surface area is 115 Å². The highest BCUT2D eigenvalue weighted by Gasteiger charge is 2.13. The van der Waals surface area contributed by atoms with E-state index in [1.165, 1.54) is 0 Å². The second kappa shape index (κ2) is 6.89. The highest BCUT2D eigenvalue weighted by molar-refractivity contribution is 5.29. The fourth-order valence-electron chi connectivity index (χ4n) is 2.23. The molecule has 19 heavy (non-hydrogen) atoms. The summed E-state index contributed by atoms with van der Waals surface area (Å²) in [6.07, 6.45) is -0.443. The summed E-state index contributed by atoms with van der Waals surface area (Å²) < 4.78 is 5.76. The minimum absolute atomic E-state index is 0.443. The van der Waals surface area contributed by atoms with E-state index in [4.69, 9.17) is 4.74 Å². The van der Waals surface area contributed by atoms with Crippen molar-refractivity contribution in [1.29, 1.82) is 0 Å². The largest absolute Gasteiger partial charge is 0.492 e. The van der Waals surface area contributed by atoms with Gasteiger partial charge in [-0.05, 0) is 31.7 Å². The number of nitrogens with zero attached hydrogens (tertiary/aromatic N) is 2. The predicted molar refractivity (Wildman–Crippen MR) is 76.5 cm³/mol. The highest BCUT2D eigenvalue weighted by Crippen LogP contribution is 2.18. The van der Waals surface area contributed by atoms with Crippen LogP contribution in [0, 0.1) is 0 Å². The van der Waals surface area contributed by atoms with Gasteiger partial charge in [0.25, 0.3) is 0 Å². The molecule has 1 aromatic rings. The normalized spacial score (nSPS) is 19.3. The number of aliphatic hydroxyl groups excluding tert-OH is 1. The number of ether oxygens (including phenoxy) is 1. The second-order valence-electron chi connectivity index (χ2n) is 5.24. The lowest BCUT2D eigenvalue weighted by Gasteiger charge is -2.32. The van der Waals surface area contributed by atoms with Gasteiger partial charge in [-0.3, -0.25) is 4.90 Å². The van der Waals surface area contributed by atoms with Crippen molar-refractivity contribution in [3.05, 3.63) is 29.8 Å². The molecule has 0 aliphatic carbocycles. The van der Waals surface area contributed by atoms with Crippen LogP contribution in [0.15, 0.2) is 24.3 Å². The predicted octanol–water partition coefficient (Wildman–Crippen LogP) is 1.37. The molecule has 1 saturated heterocycles. The van der Waals surface area contributed by atoms with E-state index in [-0.39, 0.29) is 0 Å². The number of piperazine rings is 1. The first-order valence-corrected chi connectivity index (χ1v) is 6.97. The zero-order chi connectivity index (χ0) is 13.7. The van der Waals surface area contributed by atoms with Crippen molar-refractivity contribution in [2.75, 3.05) is 46.4 Å². The van der Waals surface area contributed by atoms with Crippen LogP contribution in [0.25, 0.3) is 0 Å². The molecule has 2 rings (SSSR count). The molecule has 1 N–H and O–H groups in total. The average Bonchev–Trinajstić information content (AvgIpc) is 2.41. The number of hydrogen-bond acceptors (Lipinski definition) is 4. The molecule has 1 aliphatic rings. The first-order valence-electron chi connectivity index (χ1n) is 6.97. The van der Waals surface area contributed by atoms with Crippen LogP contribution in [0.2, 0.25) is 0 Å². The van der Waals surface area contributed by atoms with E-state index >= 15 is 0 Å². The molecule has 0 radical (unpaired) electrons. The van der Waals surface area contributed by atoms with Gasteiger partial charge in [0.1, 0.15) is 12.4 Å². The van der Waals surface area contributed by atoms with Gasteiger partial charge < -0.3 is 14.7 Å². The Morgan fingerprint density at radius 3 is 2.68 bits per heavy atom. The molecule has 0 bridgehead atoms. The van der Waals surface area contributed by atoms with Gasteiger partial charge in [-0.1, -0.05) is 12.1 Å². The molecule has 4 nitrogen and oxygen atoms in total. The quantitative estimate of drug-likeness (QED) is 0.871. The molecule has 1 aromatic carbocycles. The fourth-order valence-corrected chi connectivity index (χ4v) is 2.23. The van der Waals surface area contributed by atoms with Crippen LogP contribution in [-0.2, 0) is 0 Å². The molecular weight excluding hydrogens is 240 g/mol. The molecule has 0 saturated carbocycles. The van der Waals surface area contributed by atoms with Gasteiger partial charge in [0.05, 0.1) is 6.10 Å². The van der Waals surface area contributed by atoms with Gasteiger partial charge in [-0.2, -0.15) is 0 Å². The van der Waals surface area contributed by atoms with Crippen molar-refractivity contribution in [2.45, 2.75) is 13.0 Å². The number of likely N-dealkylation sites (N-methyl/N-ethyl adjacent to an activating group) is 1. The number of benzene rings is 1. The van der Waals surface area contributed by atoms with Crippen LogP contribution in [-0.4, -0.2) is 61.3 Å². The van der Waals surface area contributed by atoms with E-state index in [0.717, 1.165) is 44.0 Å². The molecule has 1 heterocycles. The van der Waals surface area contributed by atoms with Crippen molar-refractivity contribution in [1.82, 2.24) is 9.80 Å². The lowest BCUT2D eigenvalue weighted by atomic mass is 10.1. The molecule has 106 valence electrons. The minimum atomic E-state index is -0.443. The van der Waals surface area contributed by atoms with Crippen LogP contribution in [0.4, 0.5) is 0 Å². The summed E-state index contributed by atoms with van der Waals surface area (Å²) in [4.78, 5) is 4.78. The van der Waals surface area contributed by atoms with E-state index in [9.17, 15) is 5.11 Å². The maximum atomic E-state index is 9.53. The standard InChI is InChI=1S/C15H24N2O2/c1-13(18)14-4-3-5-15(12-14)19-11-10-17-8-6-16(2)7-9-17/h3-5,12-13,18H,6-11H2,1-2H3. The Bertz CT molecular complexity index is 387. The summed E-state index contributed by atoms with van der Waals surface area (Å²) in [6.45, 7) is 7.94. The minimum Gasteiger partial charge on any atom is -0.492 e. The maximum absolute atomic E-state index is 9.53. The Kier molecular flexibility index (Phi) is 5.19. The van der Waals surface area contributed by atoms with Gasteiger partial charge in [0, 0.05) is 32.7 Å². The summed E-state index contributed by atoms with van der Waals surface area (Å²) in [5.74, 6) is 0.840. The smallest absolute Gasteiger partial charge is 0.119 e. The number of rotatable bonds is 5. The van der Waals surface area contributed by atoms with Crippen LogP contribution < -0.4 is 4.74 Å². The third kappa shape index (κ3) is 4.49. The number of hydrogen-bond donors (Lipinski definition) is 1. The van der Waals surface area contributed by atoms with Gasteiger partial charge in [0.2, 0.25) is 0 Å². The Morgan fingerprint density at radius 2 is 2.00 bits per heavy atom. The summed E-state index contributed by atoms with van der Waals surface area (Å²) in [5, 5.41) is 9.53. The van der Waals surface area contributed by atoms with E-state index in [1.54, 1.807) is 6.92 Å². The zero-order valence-electron chi connectivity index (χ0n) is 11.9. The second-order valence-corrected chi connectivity index (χ2v) is 5.24. The van der Waals surface area contributed by atoms with Crippen molar-refractivity contribution >= 4 is 0 Å². The highest BCUT2D eigenvalue weighted by atomic mass is 16.5. The molecular formula is C15H24N2O2. The van der Waals surface area contributed by atoms with Crippen LogP contribution in [0.5, 0.6) is 5.75 Å². The van der Waals surface area contributed by atoms with Crippen LogP contribution in [0.1, 0.15) is 18.6 Å². The summed E-state index contributed by atoms with van der Waals surface area (Å²) in [7, 11) is 2.16. The summed E-state index contributed by atoms with van der Waals surface area (Å²) in [6, 6.07) is 7.69. The summed E-state index contributed by atoms with van der Waals surface area (Å²) in [5.41, 5.74) is 0.900. The fraction of sp³-hybridized carbons (Fsp3) is 0.600. The SMILES string of the molecule is CC(O)c1cccc(OCCN2CCN(C)CC2)c1. The van der Waals surface area contributed by atoms with E-state index in [2.05, 4.69) is 16.8 Å². The Hall–Kier alpha value is -1.10. The lowest BCUT2D eigenvalue weighted by Crippen LogP contribution is -2.45. The van der Waals surface area contributed by atoms with Crippen molar-refractivity contribution < 1.29 is 9.84 Å². The molecule has 0 spiro atoms. The number of aliphatic hydroxyl groups is 1. The van der Waals surface area contributed by atoms with E-state index < -0.39 is 6.10 Å². The van der Waals surface area contributed by atoms with E-state index in [1.807, 2.05) is 24.3 Å². The third-order valence-corrected chi connectivity index (χ3v) is 3.61. The molecule has 0 amide bonds. The van der Waals surface area contributed by atoms with Crippen LogP contribution >= 0.6 is 0 Å². The molecule has 1 atom stereocenters. The van der Waals surface area contributed by atoms with E-state index in [0.29, 0.717) is 6.61 Å². The molecule has 0 aromatic heterocycles. The monoisotopic (exact) mass is 264 g/mol. The molecule has 1 aliphatic heterocycles. The molecule has 1 unspecified atom stereocenters. The Balaban J connectivity index is 1.75. The van der Waals surface area contributed by atoms with Gasteiger partial charge >= 0.3 is 0 Å². The van der Waals surface area contributed by atoms with Gasteiger partial charge in [0.15, 0.2) is 0 Å². The lowest BCUT2D eigenvalue weighted by molar-refractivity contribution is 0.133. The van der Waals surface area contributed by atoms with Crippen molar-refractivity contribution in [3.63, 3.8) is 0 Å². The maximum Gasteiger partial charge on any atom is 0.119 e. The van der Waals surface area contributed by atoms with Crippen LogP contribution in [0.3, 0.4) is 0 Å². The van der Waals surface area contributed by atoms with Crippen molar-refractivity contribution in [2.24, 2.45) is 0 Å². The van der Waals surface area contributed by atoms with Crippen molar-refractivity contribution in [3.8, 4) is 5.75 Å². The molecule has 4 heteroatoms. The first-order chi connectivity index (χ1) is 9.15. The summed E-state index contributed by atoms with van der Waals surface area (Å²) >= 11 is 0. The third-order valence-electron chi connectivity index (χ3n) is 3.61. The Morgan fingerprint density at radius 1 is 1.26 bits per heavy atom. The first kappa shape index (κ1) is 14.3.